The number of aromatic nitrogens is 1. The van der Waals surface area contributed by atoms with Crippen molar-refractivity contribution in [3.63, 3.8) is 0 Å². The first-order valence-electron chi connectivity index (χ1n) is 9.26. The number of aryl methyl sites for hydroxylation is 1. The average Bonchev–Trinajstić information content (AvgIpc) is 2.72. The van der Waals surface area contributed by atoms with Crippen molar-refractivity contribution in [2.45, 2.75) is 16.9 Å². The third-order valence-electron chi connectivity index (χ3n) is 4.37. The van der Waals surface area contributed by atoms with Crippen LogP contribution < -0.4 is 16.0 Å². The third kappa shape index (κ3) is 6.55. The lowest BCUT2D eigenvalue weighted by atomic mass is 10.1. The molecule has 3 rings (SSSR count). The minimum Gasteiger partial charge on any atom is -0.339 e. The molecule has 3 N–H and O–H groups in total. The number of nitrogens with one attached hydrogen (secondary N) is 3. The van der Waals surface area contributed by atoms with Gasteiger partial charge in [-0.05, 0) is 48.5 Å². The highest BCUT2D eigenvalue weighted by Gasteiger charge is 2.34. The molecule has 2 aromatic carbocycles. The zero-order valence-electron chi connectivity index (χ0n) is 16.4. The number of rotatable bonds is 5. The highest BCUT2D eigenvalue weighted by Crippen LogP contribution is 2.29. The number of anilines is 1. The molecule has 0 spiro atoms. The largest absolute Gasteiger partial charge is 0.339 e. The van der Waals surface area contributed by atoms with Crippen molar-refractivity contribution >= 4 is 80.7 Å². The van der Waals surface area contributed by atoms with Gasteiger partial charge in [0.15, 0.2) is 5.11 Å². The van der Waals surface area contributed by atoms with Crippen molar-refractivity contribution in [3.05, 3.63) is 78.0 Å². The molecule has 31 heavy (non-hydrogen) atoms. The van der Waals surface area contributed by atoms with Crippen LogP contribution in [0.5, 0.6) is 0 Å². The molecule has 1 heterocycles. The number of pyridine rings is 1. The summed E-state index contributed by atoms with van der Waals surface area (Å²) in [5.41, 5.74) is 3.38. The Morgan fingerprint density at radius 1 is 1.06 bits per heavy atom. The van der Waals surface area contributed by atoms with Gasteiger partial charge in [-0.15, -0.1) is 0 Å². The summed E-state index contributed by atoms with van der Waals surface area (Å²) in [5, 5.41) is 9.62. The number of nitrogens with zero attached hydrogens (tertiary/aromatic N) is 1. The summed E-state index contributed by atoms with van der Waals surface area (Å²) in [6, 6.07) is 17.1. The second-order valence-corrected chi connectivity index (χ2v) is 9.43. The summed E-state index contributed by atoms with van der Waals surface area (Å²) >= 11 is 23.5. The maximum Gasteiger partial charge on any atom is 0.245 e. The Balaban J connectivity index is 1.69. The molecule has 0 saturated heterocycles. The van der Waals surface area contributed by atoms with E-state index in [1.807, 2.05) is 61.5 Å². The molecule has 0 fully saturated rings. The van der Waals surface area contributed by atoms with E-state index in [9.17, 15) is 4.79 Å². The summed E-state index contributed by atoms with van der Waals surface area (Å²) in [6.07, 6.45) is 3.68. The number of halogens is 3. The summed E-state index contributed by atoms with van der Waals surface area (Å²) in [6.45, 7) is 1.95. The van der Waals surface area contributed by atoms with E-state index in [4.69, 9.17) is 47.0 Å². The Morgan fingerprint density at radius 3 is 2.55 bits per heavy atom. The molecule has 0 aliphatic carbocycles. The number of fused-ring (bicyclic) bond motifs is 1. The molecule has 1 amide bonds. The minimum absolute atomic E-state index is 0.165. The molecule has 0 bridgehead atoms. The Bertz CT molecular complexity index is 1130. The Kier molecular flexibility index (Phi) is 7.73. The van der Waals surface area contributed by atoms with Gasteiger partial charge >= 0.3 is 0 Å². The molecule has 0 saturated carbocycles. The van der Waals surface area contributed by atoms with E-state index < -0.39 is 15.9 Å². The van der Waals surface area contributed by atoms with Gasteiger partial charge in [-0.25, -0.2) is 0 Å². The Morgan fingerprint density at radius 2 is 1.81 bits per heavy atom. The fourth-order valence-electron chi connectivity index (χ4n) is 2.82. The number of para-hydroxylation sites is 1. The predicted molar refractivity (Wildman–Crippen MR) is 134 cm³/mol. The fourth-order valence-corrected chi connectivity index (χ4v) is 3.38. The molecule has 0 aliphatic heterocycles. The topological polar surface area (TPSA) is 66.1 Å². The molecule has 3 aromatic rings. The molecule has 1 aromatic heterocycles. The van der Waals surface area contributed by atoms with Crippen molar-refractivity contribution < 1.29 is 4.79 Å². The van der Waals surface area contributed by atoms with E-state index in [0.717, 1.165) is 22.0 Å². The zero-order valence-corrected chi connectivity index (χ0v) is 19.5. The van der Waals surface area contributed by atoms with Gasteiger partial charge in [0.1, 0.15) is 6.17 Å². The van der Waals surface area contributed by atoms with Crippen LogP contribution in [0.2, 0.25) is 0 Å². The van der Waals surface area contributed by atoms with Gasteiger partial charge in [0, 0.05) is 17.7 Å². The Labute approximate surface area is 200 Å². The molecule has 5 nitrogen and oxygen atoms in total. The van der Waals surface area contributed by atoms with Crippen molar-refractivity contribution in [1.29, 1.82) is 0 Å². The quantitative estimate of drug-likeness (QED) is 0.193. The van der Waals surface area contributed by atoms with E-state index >= 15 is 0 Å². The molecule has 0 aliphatic rings. The summed E-state index contributed by atoms with van der Waals surface area (Å²) in [4.78, 5) is 16.8. The van der Waals surface area contributed by atoms with Gasteiger partial charge in [-0.1, -0.05) is 77.3 Å². The lowest BCUT2D eigenvalue weighted by molar-refractivity contribution is -0.117. The van der Waals surface area contributed by atoms with Crippen LogP contribution in [0.3, 0.4) is 0 Å². The van der Waals surface area contributed by atoms with E-state index in [1.165, 1.54) is 6.08 Å². The van der Waals surface area contributed by atoms with Crippen molar-refractivity contribution in [2.24, 2.45) is 0 Å². The number of alkyl halides is 3. The van der Waals surface area contributed by atoms with E-state index in [-0.39, 0.29) is 5.11 Å². The first-order valence-corrected chi connectivity index (χ1v) is 10.8. The number of carbonyl (C=O) groups is 1. The maximum atomic E-state index is 12.4. The average molecular weight is 494 g/mol. The van der Waals surface area contributed by atoms with E-state index in [2.05, 4.69) is 20.9 Å². The summed E-state index contributed by atoms with van der Waals surface area (Å²) in [7, 11) is 0. The van der Waals surface area contributed by atoms with Crippen LogP contribution >= 0.6 is 47.0 Å². The third-order valence-corrected chi connectivity index (χ3v) is 5.25. The van der Waals surface area contributed by atoms with Gasteiger partial charge in [0.2, 0.25) is 9.70 Å². The van der Waals surface area contributed by atoms with Crippen LogP contribution in [0.4, 0.5) is 5.69 Å². The molecular formula is C22H19Cl3N4OS. The molecule has 160 valence electrons. The van der Waals surface area contributed by atoms with E-state index in [1.54, 1.807) is 12.3 Å². The van der Waals surface area contributed by atoms with Crippen molar-refractivity contribution in [1.82, 2.24) is 15.6 Å². The van der Waals surface area contributed by atoms with E-state index in [0.29, 0.717) is 5.69 Å². The van der Waals surface area contributed by atoms with Crippen LogP contribution in [0.25, 0.3) is 17.0 Å². The zero-order chi connectivity index (χ0) is 22.4. The second kappa shape index (κ2) is 10.3. The molecule has 0 radical (unpaired) electrons. The molecule has 1 unspecified atom stereocenters. The SMILES string of the molecule is Cc1ccccc1/C=C/C(=O)NC(NC(=S)Nc1cccc2cccnc12)C(Cl)(Cl)Cl. The number of hydrogen-bond donors (Lipinski definition) is 3. The summed E-state index contributed by atoms with van der Waals surface area (Å²) < 4.78 is -1.85. The van der Waals surface area contributed by atoms with Crippen LogP contribution in [-0.2, 0) is 4.79 Å². The van der Waals surface area contributed by atoms with Crippen molar-refractivity contribution in [3.8, 4) is 0 Å². The van der Waals surface area contributed by atoms with Gasteiger partial charge in [-0.2, -0.15) is 0 Å². The summed E-state index contributed by atoms with van der Waals surface area (Å²) in [5.74, 6) is -0.443. The number of hydrogen-bond acceptors (Lipinski definition) is 3. The van der Waals surface area contributed by atoms with Gasteiger partial charge in [0.05, 0.1) is 11.2 Å². The minimum atomic E-state index is -1.85. The monoisotopic (exact) mass is 492 g/mol. The normalized spacial score (nSPS) is 12.5. The number of benzene rings is 2. The Hall–Kier alpha value is -2.38. The number of carbonyl (C=O) groups excluding carboxylic acids is 1. The van der Waals surface area contributed by atoms with Crippen molar-refractivity contribution in [2.75, 3.05) is 5.32 Å². The highest BCUT2D eigenvalue weighted by molar-refractivity contribution is 7.80. The smallest absolute Gasteiger partial charge is 0.245 e. The van der Waals surface area contributed by atoms with Crippen LogP contribution in [0, 0.1) is 6.92 Å². The van der Waals surface area contributed by atoms with Crippen LogP contribution in [0.15, 0.2) is 66.9 Å². The standard InChI is InChI=1S/C22H19Cl3N4OS/c1-14-6-2-3-7-15(14)11-12-18(30)28-20(22(23,24)25)29-21(31)27-17-10-4-8-16-9-5-13-26-19(16)17/h2-13,20H,1H3,(H,28,30)(H2,27,29,31)/b12-11+. The predicted octanol–water partition coefficient (Wildman–Crippen LogP) is 5.36. The maximum absolute atomic E-state index is 12.4. The van der Waals surface area contributed by atoms with Gasteiger partial charge < -0.3 is 16.0 Å². The highest BCUT2D eigenvalue weighted by atomic mass is 35.6. The number of thiocarbonyl (C=S) groups is 1. The lowest BCUT2D eigenvalue weighted by Gasteiger charge is -2.27. The first-order chi connectivity index (χ1) is 14.7. The first kappa shape index (κ1) is 23.3. The fraction of sp³-hybridized carbons (Fsp3) is 0.136. The van der Waals surface area contributed by atoms with Gasteiger partial charge in [-0.3, -0.25) is 9.78 Å². The van der Waals surface area contributed by atoms with Crippen LogP contribution in [0.1, 0.15) is 11.1 Å². The molecular weight excluding hydrogens is 475 g/mol. The molecule has 9 heteroatoms. The van der Waals surface area contributed by atoms with Crippen LogP contribution in [-0.4, -0.2) is 26.0 Å². The van der Waals surface area contributed by atoms with Gasteiger partial charge in [0.25, 0.3) is 0 Å². The molecule has 1 atom stereocenters. The lowest BCUT2D eigenvalue weighted by Crippen LogP contribution is -2.55. The second-order valence-electron chi connectivity index (χ2n) is 6.65. The number of amides is 1.